The Kier molecular flexibility index (Phi) is 6.21. The van der Waals surface area contributed by atoms with Crippen LogP contribution in [0.2, 0.25) is 0 Å². The molecule has 0 saturated heterocycles. The van der Waals surface area contributed by atoms with E-state index in [1.807, 2.05) is 0 Å². The molecule has 1 aromatic rings. The molecule has 0 unspecified atom stereocenters. The number of benzene rings is 1. The summed E-state index contributed by atoms with van der Waals surface area (Å²) in [6.45, 7) is 2.08. The third-order valence-electron chi connectivity index (χ3n) is 2.17. The number of carbonyl (C=O) groups excluding carboxylic acids is 2. The number of hydrogen-bond acceptors (Lipinski definition) is 2. The van der Waals surface area contributed by atoms with E-state index in [1.54, 1.807) is 12.1 Å². The molecule has 0 aliphatic heterocycles. The van der Waals surface area contributed by atoms with Gasteiger partial charge in [-0.15, -0.1) is 0 Å². The third-order valence-corrected chi connectivity index (χ3v) is 2.66. The highest BCUT2D eigenvalue weighted by molar-refractivity contribution is 9.10. The van der Waals surface area contributed by atoms with Crippen molar-refractivity contribution in [3.05, 3.63) is 40.1 Å². The van der Waals surface area contributed by atoms with Crippen LogP contribution in [0.3, 0.4) is 0 Å². The fraction of sp³-hybridized carbons (Fsp3) is 0.231. The quantitative estimate of drug-likeness (QED) is 0.640. The highest BCUT2D eigenvalue weighted by atomic mass is 79.9. The molecule has 0 spiro atoms. The van der Waals surface area contributed by atoms with Crippen LogP contribution in [0.5, 0.6) is 0 Å². The molecule has 19 heavy (non-hydrogen) atoms. The first-order chi connectivity index (χ1) is 8.99. The molecule has 2 amide bonds. The summed E-state index contributed by atoms with van der Waals surface area (Å²) in [6.07, 6.45) is 2.65. The molecule has 1 rings (SSSR count). The Bertz CT molecular complexity index is 503. The Balaban J connectivity index is 2.45. The van der Waals surface area contributed by atoms with Gasteiger partial charge >= 0.3 is 0 Å². The van der Waals surface area contributed by atoms with Gasteiger partial charge in [0, 0.05) is 36.1 Å². The molecule has 0 aromatic heterocycles. The van der Waals surface area contributed by atoms with E-state index < -0.39 is 5.82 Å². The molecule has 102 valence electrons. The van der Waals surface area contributed by atoms with Gasteiger partial charge in [0.05, 0.1) is 0 Å². The maximum absolute atomic E-state index is 13.4. The average molecular weight is 329 g/mol. The second kappa shape index (κ2) is 7.68. The summed E-state index contributed by atoms with van der Waals surface area (Å²) in [6, 6.07) is 4.48. The fourth-order valence-electron chi connectivity index (χ4n) is 1.29. The van der Waals surface area contributed by atoms with E-state index in [1.165, 1.54) is 25.1 Å². The first-order valence-electron chi connectivity index (χ1n) is 5.64. The predicted molar refractivity (Wildman–Crippen MR) is 74.8 cm³/mol. The smallest absolute Gasteiger partial charge is 0.244 e. The zero-order valence-corrected chi connectivity index (χ0v) is 12.0. The maximum atomic E-state index is 13.4. The van der Waals surface area contributed by atoms with Gasteiger partial charge in [0.15, 0.2) is 0 Å². The molecule has 6 heteroatoms. The SMILES string of the molecule is CC(=O)NCCNC(=O)/C=C/c1cc(Br)ccc1F. The normalized spacial score (nSPS) is 10.5. The van der Waals surface area contributed by atoms with E-state index in [-0.39, 0.29) is 11.8 Å². The molecular formula is C13H14BrFN2O2. The fourth-order valence-corrected chi connectivity index (χ4v) is 1.67. The minimum Gasteiger partial charge on any atom is -0.355 e. The number of halogens is 2. The van der Waals surface area contributed by atoms with Crippen LogP contribution in [0.4, 0.5) is 4.39 Å². The molecule has 0 bridgehead atoms. The lowest BCUT2D eigenvalue weighted by Crippen LogP contribution is -2.32. The minimum absolute atomic E-state index is 0.152. The summed E-state index contributed by atoms with van der Waals surface area (Å²) in [5.74, 6) is -0.892. The highest BCUT2D eigenvalue weighted by Gasteiger charge is 2.00. The second-order valence-corrected chi connectivity index (χ2v) is 4.69. The number of nitrogens with one attached hydrogen (secondary N) is 2. The topological polar surface area (TPSA) is 58.2 Å². The van der Waals surface area contributed by atoms with Crippen molar-refractivity contribution in [2.75, 3.05) is 13.1 Å². The second-order valence-electron chi connectivity index (χ2n) is 3.77. The van der Waals surface area contributed by atoms with E-state index in [9.17, 15) is 14.0 Å². The highest BCUT2D eigenvalue weighted by Crippen LogP contribution is 2.16. The first kappa shape index (κ1) is 15.4. The standard InChI is InChI=1S/C13H14BrFN2O2/c1-9(18)16-6-7-17-13(19)5-2-10-8-11(14)3-4-12(10)15/h2-5,8H,6-7H2,1H3,(H,16,18)(H,17,19)/b5-2+. The zero-order valence-electron chi connectivity index (χ0n) is 10.4. The first-order valence-corrected chi connectivity index (χ1v) is 6.44. The lowest BCUT2D eigenvalue weighted by molar-refractivity contribution is -0.119. The van der Waals surface area contributed by atoms with E-state index in [0.29, 0.717) is 18.7 Å². The van der Waals surface area contributed by atoms with Gasteiger partial charge in [-0.05, 0) is 24.3 Å². The van der Waals surface area contributed by atoms with Gasteiger partial charge in [-0.2, -0.15) is 0 Å². The van der Waals surface area contributed by atoms with E-state index in [4.69, 9.17) is 0 Å². The molecular weight excluding hydrogens is 315 g/mol. The van der Waals surface area contributed by atoms with Crippen LogP contribution in [0.15, 0.2) is 28.7 Å². The molecule has 0 fully saturated rings. The van der Waals surface area contributed by atoms with Gasteiger partial charge in [-0.25, -0.2) is 4.39 Å². The van der Waals surface area contributed by atoms with Crippen molar-refractivity contribution in [3.8, 4) is 0 Å². The van der Waals surface area contributed by atoms with Crippen LogP contribution < -0.4 is 10.6 Å². The Morgan fingerprint density at radius 1 is 1.32 bits per heavy atom. The average Bonchev–Trinajstić information content (AvgIpc) is 2.35. The molecule has 0 atom stereocenters. The number of rotatable bonds is 5. The lowest BCUT2D eigenvalue weighted by Gasteiger charge is -2.02. The summed E-state index contributed by atoms with van der Waals surface area (Å²) in [5.41, 5.74) is 0.325. The monoisotopic (exact) mass is 328 g/mol. The third kappa shape index (κ3) is 6.15. The molecule has 0 aliphatic carbocycles. The van der Waals surface area contributed by atoms with Crippen molar-refractivity contribution in [2.45, 2.75) is 6.92 Å². The van der Waals surface area contributed by atoms with Crippen molar-refractivity contribution in [2.24, 2.45) is 0 Å². The summed E-state index contributed by atoms with van der Waals surface area (Å²) >= 11 is 3.23. The van der Waals surface area contributed by atoms with Crippen molar-refractivity contribution in [1.82, 2.24) is 10.6 Å². The van der Waals surface area contributed by atoms with Crippen molar-refractivity contribution in [3.63, 3.8) is 0 Å². The van der Waals surface area contributed by atoms with Crippen molar-refractivity contribution in [1.29, 1.82) is 0 Å². The molecule has 4 nitrogen and oxygen atoms in total. The van der Waals surface area contributed by atoms with Crippen molar-refractivity contribution >= 4 is 33.8 Å². The van der Waals surface area contributed by atoms with Gasteiger partial charge in [-0.3, -0.25) is 9.59 Å². The van der Waals surface area contributed by atoms with Crippen LogP contribution >= 0.6 is 15.9 Å². The molecule has 0 heterocycles. The molecule has 0 aliphatic rings. The van der Waals surface area contributed by atoms with Crippen LogP contribution in [0.25, 0.3) is 6.08 Å². The molecule has 0 radical (unpaired) electrons. The van der Waals surface area contributed by atoms with Gasteiger partial charge < -0.3 is 10.6 Å². The van der Waals surface area contributed by atoms with Crippen LogP contribution in [0.1, 0.15) is 12.5 Å². The number of amides is 2. The maximum Gasteiger partial charge on any atom is 0.244 e. The molecule has 1 aromatic carbocycles. The van der Waals surface area contributed by atoms with Gasteiger partial charge in [0.1, 0.15) is 5.82 Å². The minimum atomic E-state index is -0.398. The van der Waals surface area contributed by atoms with Gasteiger partial charge in [0.2, 0.25) is 11.8 Å². The van der Waals surface area contributed by atoms with Crippen LogP contribution in [-0.2, 0) is 9.59 Å². The van der Waals surface area contributed by atoms with Crippen molar-refractivity contribution < 1.29 is 14.0 Å². The largest absolute Gasteiger partial charge is 0.355 e. The molecule has 2 N–H and O–H groups in total. The van der Waals surface area contributed by atoms with E-state index >= 15 is 0 Å². The predicted octanol–water partition coefficient (Wildman–Crippen LogP) is 1.85. The van der Waals surface area contributed by atoms with Crippen LogP contribution in [-0.4, -0.2) is 24.9 Å². The van der Waals surface area contributed by atoms with Gasteiger partial charge in [0.25, 0.3) is 0 Å². The summed E-state index contributed by atoms with van der Waals surface area (Å²) in [5, 5.41) is 5.12. The summed E-state index contributed by atoms with van der Waals surface area (Å²) < 4.78 is 14.1. The summed E-state index contributed by atoms with van der Waals surface area (Å²) in [4.78, 5) is 22.0. The van der Waals surface area contributed by atoms with Gasteiger partial charge in [-0.1, -0.05) is 15.9 Å². The Morgan fingerprint density at radius 2 is 2.00 bits per heavy atom. The summed E-state index contributed by atoms with van der Waals surface area (Å²) in [7, 11) is 0. The Hall–Kier alpha value is -1.69. The number of hydrogen-bond donors (Lipinski definition) is 2. The molecule has 0 saturated carbocycles. The lowest BCUT2D eigenvalue weighted by atomic mass is 10.2. The van der Waals surface area contributed by atoms with E-state index in [0.717, 1.165) is 4.47 Å². The van der Waals surface area contributed by atoms with E-state index in [2.05, 4.69) is 26.6 Å². The number of carbonyl (C=O) groups is 2. The Morgan fingerprint density at radius 3 is 2.68 bits per heavy atom. The zero-order chi connectivity index (χ0) is 14.3. The Labute approximate surface area is 119 Å². The van der Waals surface area contributed by atoms with Crippen LogP contribution in [0, 0.1) is 5.82 Å².